The van der Waals surface area contributed by atoms with E-state index in [1.807, 2.05) is 11.0 Å². The molecule has 6 nitrogen and oxygen atoms in total. The van der Waals surface area contributed by atoms with Crippen molar-refractivity contribution in [2.24, 2.45) is 0 Å². The number of hydrogen-bond acceptors (Lipinski definition) is 4. The fourth-order valence-electron chi connectivity index (χ4n) is 2.62. The molecule has 2 heterocycles. The fraction of sp³-hybridized carbons (Fsp3) is 0.643. The third-order valence-corrected chi connectivity index (χ3v) is 4.39. The lowest BCUT2D eigenvalue weighted by atomic mass is 10.0. The van der Waals surface area contributed by atoms with Crippen LogP contribution in [-0.2, 0) is 21.2 Å². The van der Waals surface area contributed by atoms with Gasteiger partial charge in [0.15, 0.2) is 0 Å². The Morgan fingerprint density at radius 1 is 1.48 bits per heavy atom. The molecule has 0 radical (unpaired) electrons. The Balaban J connectivity index is 1.89. The summed E-state index contributed by atoms with van der Waals surface area (Å²) in [5.41, 5.74) is 0. The van der Waals surface area contributed by atoms with Crippen LogP contribution in [0.25, 0.3) is 0 Å². The molecule has 0 saturated carbocycles. The van der Waals surface area contributed by atoms with Crippen molar-refractivity contribution in [2.75, 3.05) is 19.3 Å². The lowest BCUT2D eigenvalue weighted by molar-refractivity contribution is -0.134. The fourth-order valence-corrected chi connectivity index (χ4v) is 3.11. The van der Waals surface area contributed by atoms with Crippen LogP contribution in [0.5, 0.6) is 0 Å². The van der Waals surface area contributed by atoms with Crippen LogP contribution in [0.3, 0.4) is 0 Å². The number of carbonyl (C=O) groups excluding carboxylic acids is 1. The van der Waals surface area contributed by atoms with Crippen LogP contribution in [0.2, 0.25) is 0 Å². The minimum absolute atomic E-state index is 0.0439. The highest BCUT2D eigenvalue weighted by Crippen LogP contribution is 2.18. The van der Waals surface area contributed by atoms with E-state index in [1.54, 1.807) is 12.3 Å². The molecule has 1 amide bonds. The van der Waals surface area contributed by atoms with Crippen molar-refractivity contribution in [2.45, 2.75) is 38.1 Å². The van der Waals surface area contributed by atoms with Crippen LogP contribution in [0.4, 0.5) is 0 Å². The third kappa shape index (κ3) is 5.17. The quantitative estimate of drug-likeness (QED) is 0.854. The number of carbonyl (C=O) groups is 1. The molecule has 21 heavy (non-hydrogen) atoms. The van der Waals surface area contributed by atoms with Crippen LogP contribution in [0.1, 0.15) is 31.4 Å². The van der Waals surface area contributed by atoms with Crippen LogP contribution < -0.4 is 4.72 Å². The average molecular weight is 314 g/mol. The maximum Gasteiger partial charge on any atom is 0.223 e. The minimum atomic E-state index is -3.22. The van der Waals surface area contributed by atoms with Crippen molar-refractivity contribution in [1.29, 1.82) is 0 Å². The van der Waals surface area contributed by atoms with Gasteiger partial charge in [-0.1, -0.05) is 0 Å². The zero-order valence-electron chi connectivity index (χ0n) is 12.2. The molecule has 0 spiro atoms. The van der Waals surface area contributed by atoms with Gasteiger partial charge >= 0.3 is 0 Å². The Labute approximate surface area is 125 Å². The van der Waals surface area contributed by atoms with E-state index in [-0.39, 0.29) is 11.9 Å². The Hall–Kier alpha value is -1.34. The first kappa shape index (κ1) is 16.0. The van der Waals surface area contributed by atoms with Gasteiger partial charge in [0.05, 0.1) is 12.5 Å². The van der Waals surface area contributed by atoms with Gasteiger partial charge in [0, 0.05) is 32.0 Å². The predicted octanol–water partition coefficient (Wildman–Crippen LogP) is 1.14. The maximum absolute atomic E-state index is 12.3. The van der Waals surface area contributed by atoms with Crippen molar-refractivity contribution < 1.29 is 17.6 Å². The molecule has 1 fully saturated rings. The van der Waals surface area contributed by atoms with Gasteiger partial charge in [0.2, 0.25) is 15.9 Å². The summed E-state index contributed by atoms with van der Waals surface area (Å²) in [6, 6.07) is 3.61. The number of piperidine rings is 1. The van der Waals surface area contributed by atoms with Gasteiger partial charge in [-0.25, -0.2) is 13.1 Å². The topological polar surface area (TPSA) is 79.6 Å². The highest BCUT2D eigenvalue weighted by Gasteiger charge is 2.27. The molecule has 0 bridgehead atoms. The van der Waals surface area contributed by atoms with E-state index in [0.717, 1.165) is 31.3 Å². The maximum atomic E-state index is 12.3. The Morgan fingerprint density at radius 3 is 2.95 bits per heavy atom. The van der Waals surface area contributed by atoms with E-state index < -0.39 is 10.0 Å². The van der Waals surface area contributed by atoms with Gasteiger partial charge in [-0.2, -0.15) is 0 Å². The number of aryl methyl sites for hydroxylation is 1. The van der Waals surface area contributed by atoms with Gasteiger partial charge in [0.25, 0.3) is 0 Å². The average Bonchev–Trinajstić information content (AvgIpc) is 2.95. The molecule has 1 aliphatic heterocycles. The molecule has 1 saturated heterocycles. The number of hydrogen-bond donors (Lipinski definition) is 1. The second kappa shape index (κ2) is 7.09. The van der Waals surface area contributed by atoms with Crippen LogP contribution in [0, 0.1) is 0 Å². The predicted molar refractivity (Wildman–Crippen MR) is 79.2 cm³/mol. The first-order valence-electron chi connectivity index (χ1n) is 7.22. The summed E-state index contributed by atoms with van der Waals surface area (Å²) in [5, 5.41) is 0. The highest BCUT2D eigenvalue weighted by molar-refractivity contribution is 7.88. The molecule has 1 aliphatic rings. The molecule has 2 rings (SSSR count). The van der Waals surface area contributed by atoms with E-state index in [4.69, 9.17) is 4.42 Å². The SMILES string of the molecule is CS(=O)(=O)NCC1CCCCN1C(=O)CCc1ccco1. The van der Waals surface area contributed by atoms with E-state index in [0.29, 0.717) is 25.9 Å². The van der Waals surface area contributed by atoms with E-state index >= 15 is 0 Å². The van der Waals surface area contributed by atoms with Crippen LogP contribution in [0.15, 0.2) is 22.8 Å². The number of amides is 1. The molecule has 1 atom stereocenters. The summed E-state index contributed by atoms with van der Waals surface area (Å²) in [5.74, 6) is 0.859. The van der Waals surface area contributed by atoms with Crippen molar-refractivity contribution >= 4 is 15.9 Å². The summed E-state index contributed by atoms with van der Waals surface area (Å²) < 4.78 is 30.1. The highest BCUT2D eigenvalue weighted by atomic mass is 32.2. The second-order valence-electron chi connectivity index (χ2n) is 5.44. The first-order chi connectivity index (χ1) is 9.96. The molecule has 1 aromatic heterocycles. The summed E-state index contributed by atoms with van der Waals surface area (Å²) >= 11 is 0. The van der Waals surface area contributed by atoms with Crippen molar-refractivity contribution in [3.8, 4) is 0 Å². The molecular weight excluding hydrogens is 292 g/mol. The van der Waals surface area contributed by atoms with Gasteiger partial charge in [-0.3, -0.25) is 4.79 Å². The summed E-state index contributed by atoms with van der Waals surface area (Å²) in [4.78, 5) is 14.1. The number of nitrogens with zero attached hydrogens (tertiary/aromatic N) is 1. The molecule has 7 heteroatoms. The minimum Gasteiger partial charge on any atom is -0.469 e. The van der Waals surface area contributed by atoms with E-state index in [1.165, 1.54) is 0 Å². The Bertz CT molecular complexity index is 554. The van der Waals surface area contributed by atoms with E-state index in [2.05, 4.69) is 4.72 Å². The molecule has 118 valence electrons. The molecule has 1 unspecified atom stereocenters. The largest absolute Gasteiger partial charge is 0.469 e. The van der Waals surface area contributed by atoms with E-state index in [9.17, 15) is 13.2 Å². The molecule has 1 aromatic rings. The van der Waals surface area contributed by atoms with Crippen molar-refractivity contribution in [3.05, 3.63) is 24.2 Å². The number of nitrogens with one attached hydrogen (secondary N) is 1. The number of furan rings is 1. The van der Waals surface area contributed by atoms with Crippen molar-refractivity contribution in [3.63, 3.8) is 0 Å². The monoisotopic (exact) mass is 314 g/mol. The zero-order chi connectivity index (χ0) is 15.3. The molecular formula is C14H22N2O4S. The third-order valence-electron chi connectivity index (χ3n) is 3.69. The molecule has 0 aliphatic carbocycles. The van der Waals surface area contributed by atoms with Gasteiger partial charge in [-0.05, 0) is 31.4 Å². The normalized spacial score (nSPS) is 19.7. The Kier molecular flexibility index (Phi) is 5.41. The summed E-state index contributed by atoms with van der Waals surface area (Å²) in [7, 11) is -3.22. The lowest BCUT2D eigenvalue weighted by Crippen LogP contribution is -2.49. The first-order valence-corrected chi connectivity index (χ1v) is 9.11. The number of likely N-dealkylation sites (tertiary alicyclic amines) is 1. The Morgan fingerprint density at radius 2 is 2.29 bits per heavy atom. The van der Waals surface area contributed by atoms with Crippen LogP contribution >= 0.6 is 0 Å². The smallest absolute Gasteiger partial charge is 0.223 e. The molecule has 1 N–H and O–H groups in total. The standard InChI is InChI=1S/C14H22N2O4S/c1-21(18,19)15-11-12-5-2-3-9-16(12)14(17)8-7-13-6-4-10-20-13/h4,6,10,12,15H,2-3,5,7-9,11H2,1H3. The van der Waals surface area contributed by atoms with Gasteiger partial charge in [0.1, 0.15) is 5.76 Å². The number of sulfonamides is 1. The summed E-state index contributed by atoms with van der Waals surface area (Å²) in [6.07, 6.45) is 6.55. The van der Waals surface area contributed by atoms with Crippen molar-refractivity contribution in [1.82, 2.24) is 9.62 Å². The van der Waals surface area contributed by atoms with Gasteiger partial charge < -0.3 is 9.32 Å². The van der Waals surface area contributed by atoms with Gasteiger partial charge in [-0.15, -0.1) is 0 Å². The second-order valence-corrected chi connectivity index (χ2v) is 7.27. The summed E-state index contributed by atoms with van der Waals surface area (Å²) in [6.45, 7) is 0.998. The van der Waals surface area contributed by atoms with Crippen LogP contribution in [-0.4, -0.2) is 44.6 Å². The zero-order valence-corrected chi connectivity index (χ0v) is 13.1. The molecule has 0 aromatic carbocycles. The lowest BCUT2D eigenvalue weighted by Gasteiger charge is -2.35. The number of rotatable bonds is 6.